The second-order valence-corrected chi connectivity index (χ2v) is 4.73. The molecule has 0 bridgehead atoms. The lowest BCUT2D eigenvalue weighted by Crippen LogP contribution is -2.22. The van der Waals surface area contributed by atoms with Crippen LogP contribution in [-0.2, 0) is 6.54 Å². The minimum atomic E-state index is -0.0911. The normalized spacial score (nSPS) is 10.2. The first-order valence-corrected chi connectivity index (χ1v) is 6.26. The van der Waals surface area contributed by atoms with Crippen molar-refractivity contribution in [3.63, 3.8) is 0 Å². The van der Waals surface area contributed by atoms with Crippen LogP contribution in [-0.4, -0.2) is 5.91 Å². The molecule has 0 spiro atoms. The molecule has 2 rings (SSSR count). The number of hydrogen-bond acceptors (Lipinski definition) is 3. The zero-order chi connectivity index (χ0) is 12.3. The van der Waals surface area contributed by atoms with E-state index in [1.54, 1.807) is 17.4 Å². The first-order valence-electron chi connectivity index (χ1n) is 5.31. The van der Waals surface area contributed by atoms with Gasteiger partial charge in [-0.2, -0.15) is 11.3 Å². The number of thiophene rings is 1. The van der Waals surface area contributed by atoms with Crippen LogP contribution in [0.4, 0.5) is 5.69 Å². The Morgan fingerprint density at radius 2 is 2.24 bits per heavy atom. The zero-order valence-electron chi connectivity index (χ0n) is 9.57. The second-order valence-electron chi connectivity index (χ2n) is 3.95. The zero-order valence-corrected chi connectivity index (χ0v) is 10.4. The van der Waals surface area contributed by atoms with Crippen LogP contribution in [0.3, 0.4) is 0 Å². The molecule has 0 aliphatic carbocycles. The Balaban J connectivity index is 2.04. The standard InChI is InChI=1S/C13H14N2OS/c1-9-4-11(6-12(14)5-9)13(16)15-7-10-2-3-17-8-10/h2-6,8H,7,14H2,1H3,(H,15,16). The molecule has 1 heterocycles. The molecule has 1 amide bonds. The molecule has 0 unspecified atom stereocenters. The molecular weight excluding hydrogens is 232 g/mol. The molecule has 0 aliphatic rings. The summed E-state index contributed by atoms with van der Waals surface area (Å²) >= 11 is 1.62. The van der Waals surface area contributed by atoms with Crippen molar-refractivity contribution in [1.82, 2.24) is 5.32 Å². The predicted octanol–water partition coefficient (Wildman–Crippen LogP) is 2.57. The van der Waals surface area contributed by atoms with E-state index in [9.17, 15) is 4.79 Å². The third-order valence-corrected chi connectivity index (χ3v) is 3.13. The Labute approximate surface area is 104 Å². The van der Waals surface area contributed by atoms with E-state index in [1.807, 2.05) is 35.9 Å². The number of aryl methyl sites for hydroxylation is 1. The molecule has 88 valence electrons. The number of hydrogen-bond donors (Lipinski definition) is 2. The summed E-state index contributed by atoms with van der Waals surface area (Å²) in [6, 6.07) is 7.36. The van der Waals surface area contributed by atoms with Gasteiger partial charge in [-0.15, -0.1) is 0 Å². The van der Waals surface area contributed by atoms with E-state index in [1.165, 1.54) is 0 Å². The molecule has 0 fully saturated rings. The number of nitrogen functional groups attached to an aromatic ring is 1. The Kier molecular flexibility index (Phi) is 3.44. The fourth-order valence-electron chi connectivity index (χ4n) is 1.62. The number of carbonyl (C=O) groups excluding carboxylic acids is 1. The number of benzene rings is 1. The highest BCUT2D eigenvalue weighted by atomic mass is 32.1. The summed E-state index contributed by atoms with van der Waals surface area (Å²) in [6.07, 6.45) is 0. The van der Waals surface area contributed by atoms with Gasteiger partial charge in [-0.05, 0) is 53.1 Å². The predicted molar refractivity (Wildman–Crippen MR) is 71.1 cm³/mol. The van der Waals surface area contributed by atoms with Crippen LogP contribution < -0.4 is 11.1 Å². The first kappa shape index (κ1) is 11.7. The minimum absolute atomic E-state index is 0.0911. The molecule has 1 aromatic carbocycles. The van der Waals surface area contributed by atoms with Gasteiger partial charge in [-0.3, -0.25) is 4.79 Å². The van der Waals surface area contributed by atoms with Crippen LogP contribution in [0.5, 0.6) is 0 Å². The summed E-state index contributed by atoms with van der Waals surface area (Å²) in [5, 5.41) is 6.88. The maximum Gasteiger partial charge on any atom is 0.251 e. The summed E-state index contributed by atoms with van der Waals surface area (Å²) in [4.78, 5) is 11.9. The molecular formula is C13H14N2OS. The van der Waals surface area contributed by atoms with Gasteiger partial charge in [0.05, 0.1) is 0 Å². The topological polar surface area (TPSA) is 55.1 Å². The maximum absolute atomic E-state index is 11.9. The van der Waals surface area contributed by atoms with E-state index < -0.39 is 0 Å². The van der Waals surface area contributed by atoms with Gasteiger partial charge in [0.2, 0.25) is 0 Å². The molecule has 0 atom stereocenters. The SMILES string of the molecule is Cc1cc(N)cc(C(=O)NCc2ccsc2)c1. The molecule has 2 aromatic rings. The highest BCUT2D eigenvalue weighted by Crippen LogP contribution is 2.11. The molecule has 0 saturated heterocycles. The molecule has 3 nitrogen and oxygen atoms in total. The van der Waals surface area contributed by atoms with Crippen molar-refractivity contribution in [3.05, 3.63) is 51.7 Å². The molecule has 4 heteroatoms. The van der Waals surface area contributed by atoms with E-state index in [0.29, 0.717) is 17.8 Å². The molecule has 17 heavy (non-hydrogen) atoms. The van der Waals surface area contributed by atoms with Crippen molar-refractivity contribution >= 4 is 22.9 Å². The van der Waals surface area contributed by atoms with Gasteiger partial charge in [0.25, 0.3) is 5.91 Å². The number of rotatable bonds is 3. The van der Waals surface area contributed by atoms with Crippen molar-refractivity contribution in [3.8, 4) is 0 Å². The number of carbonyl (C=O) groups is 1. The van der Waals surface area contributed by atoms with Crippen LogP contribution in [0.25, 0.3) is 0 Å². The third kappa shape index (κ3) is 3.07. The van der Waals surface area contributed by atoms with Gasteiger partial charge in [0, 0.05) is 17.8 Å². The van der Waals surface area contributed by atoms with Gasteiger partial charge in [-0.25, -0.2) is 0 Å². The lowest BCUT2D eigenvalue weighted by Gasteiger charge is -2.06. The van der Waals surface area contributed by atoms with Crippen LogP contribution in [0.1, 0.15) is 21.5 Å². The average molecular weight is 246 g/mol. The largest absolute Gasteiger partial charge is 0.399 e. The second kappa shape index (κ2) is 5.01. The first-order chi connectivity index (χ1) is 8.15. The number of nitrogens with one attached hydrogen (secondary N) is 1. The summed E-state index contributed by atoms with van der Waals surface area (Å²) in [7, 11) is 0. The van der Waals surface area contributed by atoms with E-state index >= 15 is 0 Å². The van der Waals surface area contributed by atoms with Gasteiger partial charge < -0.3 is 11.1 Å². The molecule has 1 aromatic heterocycles. The van der Waals surface area contributed by atoms with E-state index in [0.717, 1.165) is 11.1 Å². The highest BCUT2D eigenvalue weighted by Gasteiger charge is 2.06. The molecule has 0 aliphatic heterocycles. The van der Waals surface area contributed by atoms with Crippen molar-refractivity contribution in [1.29, 1.82) is 0 Å². The smallest absolute Gasteiger partial charge is 0.251 e. The van der Waals surface area contributed by atoms with Crippen LogP contribution in [0, 0.1) is 6.92 Å². The summed E-state index contributed by atoms with van der Waals surface area (Å²) < 4.78 is 0. The lowest BCUT2D eigenvalue weighted by molar-refractivity contribution is 0.0951. The van der Waals surface area contributed by atoms with Crippen LogP contribution >= 0.6 is 11.3 Å². The Morgan fingerprint density at radius 3 is 2.88 bits per heavy atom. The molecule has 0 radical (unpaired) electrons. The summed E-state index contributed by atoms with van der Waals surface area (Å²) in [5.41, 5.74) is 9.04. The van der Waals surface area contributed by atoms with E-state index in [2.05, 4.69) is 5.32 Å². The fourth-order valence-corrected chi connectivity index (χ4v) is 2.29. The van der Waals surface area contributed by atoms with Crippen LogP contribution in [0.2, 0.25) is 0 Å². The maximum atomic E-state index is 11.9. The van der Waals surface area contributed by atoms with Crippen molar-refractivity contribution in [2.75, 3.05) is 5.73 Å². The van der Waals surface area contributed by atoms with Crippen LogP contribution in [0.15, 0.2) is 35.0 Å². The van der Waals surface area contributed by atoms with Gasteiger partial charge in [0.1, 0.15) is 0 Å². The number of anilines is 1. The van der Waals surface area contributed by atoms with E-state index in [-0.39, 0.29) is 5.91 Å². The Hall–Kier alpha value is -1.81. The monoisotopic (exact) mass is 246 g/mol. The quantitative estimate of drug-likeness (QED) is 0.818. The lowest BCUT2D eigenvalue weighted by atomic mass is 10.1. The van der Waals surface area contributed by atoms with Gasteiger partial charge in [-0.1, -0.05) is 0 Å². The van der Waals surface area contributed by atoms with E-state index in [4.69, 9.17) is 5.73 Å². The molecule has 3 N–H and O–H groups in total. The van der Waals surface area contributed by atoms with Gasteiger partial charge in [0.15, 0.2) is 0 Å². The molecule has 0 saturated carbocycles. The third-order valence-electron chi connectivity index (χ3n) is 2.40. The van der Waals surface area contributed by atoms with Crippen molar-refractivity contribution < 1.29 is 4.79 Å². The summed E-state index contributed by atoms with van der Waals surface area (Å²) in [5.74, 6) is -0.0911. The van der Waals surface area contributed by atoms with Crippen molar-refractivity contribution in [2.24, 2.45) is 0 Å². The fraction of sp³-hybridized carbons (Fsp3) is 0.154. The number of amides is 1. The average Bonchev–Trinajstić information content (AvgIpc) is 2.77. The Bertz CT molecular complexity index is 500. The van der Waals surface area contributed by atoms with Crippen molar-refractivity contribution in [2.45, 2.75) is 13.5 Å². The minimum Gasteiger partial charge on any atom is -0.399 e. The number of nitrogens with two attached hydrogens (primary N) is 1. The highest BCUT2D eigenvalue weighted by molar-refractivity contribution is 7.07. The van der Waals surface area contributed by atoms with Gasteiger partial charge >= 0.3 is 0 Å². The summed E-state index contributed by atoms with van der Waals surface area (Å²) in [6.45, 7) is 2.47. The Morgan fingerprint density at radius 1 is 1.41 bits per heavy atom.